The van der Waals surface area contributed by atoms with Gasteiger partial charge in [0, 0.05) is 18.1 Å². The van der Waals surface area contributed by atoms with E-state index in [2.05, 4.69) is 10.3 Å². The van der Waals surface area contributed by atoms with Crippen LogP contribution in [0.5, 0.6) is 0 Å². The van der Waals surface area contributed by atoms with Crippen LogP contribution < -0.4 is 11.1 Å². The van der Waals surface area contributed by atoms with Crippen molar-refractivity contribution in [3.8, 4) is 0 Å². The number of nitrogens with one attached hydrogen (secondary N) is 1. The molecule has 2 rings (SSSR count). The first-order valence-electron chi connectivity index (χ1n) is 7.78. The van der Waals surface area contributed by atoms with Gasteiger partial charge in [0.15, 0.2) is 0 Å². The van der Waals surface area contributed by atoms with Gasteiger partial charge in [0.1, 0.15) is 5.92 Å². The van der Waals surface area contributed by atoms with Crippen LogP contribution in [0.3, 0.4) is 0 Å². The Morgan fingerprint density at radius 1 is 1.12 bits per heavy atom. The lowest BCUT2D eigenvalue weighted by Gasteiger charge is -2.17. The Kier molecular flexibility index (Phi) is 6.45. The van der Waals surface area contributed by atoms with E-state index in [9.17, 15) is 14.7 Å². The lowest BCUT2D eigenvalue weighted by Crippen LogP contribution is -2.37. The molecule has 0 bridgehead atoms. The second-order valence-corrected chi connectivity index (χ2v) is 5.59. The number of rotatable bonds is 8. The lowest BCUT2D eigenvalue weighted by molar-refractivity contribution is -0.131. The van der Waals surface area contributed by atoms with Gasteiger partial charge in [-0.1, -0.05) is 30.3 Å². The van der Waals surface area contributed by atoms with Crippen molar-refractivity contribution in [3.63, 3.8) is 0 Å². The van der Waals surface area contributed by atoms with E-state index in [1.54, 1.807) is 12.1 Å². The van der Waals surface area contributed by atoms with E-state index in [1.165, 1.54) is 12.4 Å². The Morgan fingerprint density at radius 2 is 1.79 bits per heavy atom. The fourth-order valence-corrected chi connectivity index (χ4v) is 2.38. The van der Waals surface area contributed by atoms with Crippen molar-refractivity contribution in [1.29, 1.82) is 0 Å². The summed E-state index contributed by atoms with van der Waals surface area (Å²) in [7, 11) is 0. The number of pyridine rings is 1. The summed E-state index contributed by atoms with van der Waals surface area (Å²) in [6.45, 7) is 0. The monoisotopic (exact) mass is 327 g/mol. The molecule has 0 aliphatic heterocycles. The Labute approximate surface area is 140 Å². The molecule has 0 aliphatic carbocycles. The maximum atomic E-state index is 12.2. The molecule has 126 valence electrons. The molecule has 0 unspecified atom stereocenters. The van der Waals surface area contributed by atoms with Crippen LogP contribution in [0.15, 0.2) is 54.9 Å². The van der Waals surface area contributed by atoms with Crippen LogP contribution in [0.2, 0.25) is 0 Å². The van der Waals surface area contributed by atoms with Crippen LogP contribution in [0.25, 0.3) is 0 Å². The van der Waals surface area contributed by atoms with Crippen LogP contribution in [-0.2, 0) is 16.0 Å². The van der Waals surface area contributed by atoms with Gasteiger partial charge in [-0.05, 0) is 37.0 Å². The summed E-state index contributed by atoms with van der Waals surface area (Å²) >= 11 is 0. The molecule has 0 radical (unpaired) electrons. The molecule has 0 fully saturated rings. The van der Waals surface area contributed by atoms with E-state index < -0.39 is 23.8 Å². The standard InChI is InChI=1S/C18H21N3O3/c19-17(23)16(18(24)21-14-8-10-20-11-9-14)12-15(22)7-6-13-4-2-1-3-5-13/h1-5,8-11,15-16,22H,6-7,12H2,(H2,19,23)(H,20,21,24)/t15-,16+/m0/s1. The number of benzene rings is 1. The molecule has 1 aromatic carbocycles. The summed E-state index contributed by atoms with van der Waals surface area (Å²) < 4.78 is 0. The molecule has 2 aromatic rings. The molecule has 4 N–H and O–H groups in total. The number of primary amides is 1. The van der Waals surface area contributed by atoms with E-state index in [1.807, 2.05) is 30.3 Å². The van der Waals surface area contributed by atoms with Crippen molar-refractivity contribution < 1.29 is 14.7 Å². The van der Waals surface area contributed by atoms with Crippen LogP contribution in [-0.4, -0.2) is 28.0 Å². The molecule has 24 heavy (non-hydrogen) atoms. The van der Waals surface area contributed by atoms with Crippen molar-refractivity contribution in [1.82, 2.24) is 4.98 Å². The number of aliphatic hydroxyl groups excluding tert-OH is 1. The molecule has 1 aromatic heterocycles. The molecule has 0 spiro atoms. The van der Waals surface area contributed by atoms with Crippen LogP contribution in [0.4, 0.5) is 5.69 Å². The number of carbonyl (C=O) groups excluding carboxylic acids is 2. The number of nitrogens with two attached hydrogens (primary N) is 1. The Morgan fingerprint density at radius 3 is 2.42 bits per heavy atom. The zero-order chi connectivity index (χ0) is 17.4. The summed E-state index contributed by atoms with van der Waals surface area (Å²) in [6, 6.07) is 12.9. The van der Waals surface area contributed by atoms with Gasteiger partial charge in [0.2, 0.25) is 11.8 Å². The molecule has 0 aliphatic rings. The average molecular weight is 327 g/mol. The van der Waals surface area contributed by atoms with Gasteiger partial charge in [-0.2, -0.15) is 0 Å². The molecule has 0 saturated carbocycles. The predicted octanol–water partition coefficient (Wildman–Crippen LogP) is 1.51. The second-order valence-electron chi connectivity index (χ2n) is 5.59. The van der Waals surface area contributed by atoms with Crippen LogP contribution >= 0.6 is 0 Å². The van der Waals surface area contributed by atoms with Gasteiger partial charge in [-0.3, -0.25) is 14.6 Å². The average Bonchev–Trinajstić information content (AvgIpc) is 2.59. The third kappa shape index (κ3) is 5.48. The maximum Gasteiger partial charge on any atom is 0.237 e. The highest BCUT2D eigenvalue weighted by Gasteiger charge is 2.27. The number of amides is 2. The van der Waals surface area contributed by atoms with Crippen molar-refractivity contribution in [3.05, 3.63) is 60.4 Å². The van der Waals surface area contributed by atoms with Crippen molar-refractivity contribution in [2.24, 2.45) is 11.7 Å². The topological polar surface area (TPSA) is 105 Å². The molecule has 2 amide bonds. The van der Waals surface area contributed by atoms with Crippen LogP contribution in [0.1, 0.15) is 18.4 Å². The van der Waals surface area contributed by atoms with Gasteiger partial charge >= 0.3 is 0 Å². The van der Waals surface area contributed by atoms with E-state index in [-0.39, 0.29) is 6.42 Å². The van der Waals surface area contributed by atoms with Crippen LogP contribution in [0, 0.1) is 5.92 Å². The Balaban J connectivity index is 1.90. The number of aromatic nitrogens is 1. The predicted molar refractivity (Wildman–Crippen MR) is 90.9 cm³/mol. The summed E-state index contributed by atoms with van der Waals surface area (Å²) in [5.41, 5.74) is 6.94. The summed E-state index contributed by atoms with van der Waals surface area (Å²) in [5.74, 6) is -2.35. The van der Waals surface area contributed by atoms with E-state index in [4.69, 9.17) is 5.73 Å². The number of hydrogen-bond donors (Lipinski definition) is 3. The quantitative estimate of drug-likeness (QED) is 0.639. The molecule has 6 heteroatoms. The highest BCUT2D eigenvalue weighted by molar-refractivity contribution is 6.05. The number of hydrogen-bond acceptors (Lipinski definition) is 4. The minimum absolute atomic E-state index is 0.000909. The van der Waals surface area contributed by atoms with E-state index >= 15 is 0 Å². The van der Waals surface area contributed by atoms with E-state index in [0.717, 1.165) is 5.56 Å². The third-order valence-electron chi connectivity index (χ3n) is 3.72. The summed E-state index contributed by atoms with van der Waals surface area (Å²) in [6.07, 6.45) is 3.40. The molecule has 1 heterocycles. The van der Waals surface area contributed by atoms with Gasteiger partial charge in [-0.25, -0.2) is 0 Å². The zero-order valence-corrected chi connectivity index (χ0v) is 13.3. The smallest absolute Gasteiger partial charge is 0.237 e. The number of anilines is 1. The third-order valence-corrected chi connectivity index (χ3v) is 3.72. The molecule has 0 saturated heterocycles. The molecular weight excluding hydrogens is 306 g/mol. The normalized spacial score (nSPS) is 13.0. The number of aryl methyl sites for hydroxylation is 1. The first-order valence-corrected chi connectivity index (χ1v) is 7.78. The van der Waals surface area contributed by atoms with Gasteiger partial charge in [-0.15, -0.1) is 0 Å². The summed E-state index contributed by atoms with van der Waals surface area (Å²) in [4.78, 5) is 27.7. The van der Waals surface area contributed by atoms with Gasteiger partial charge in [0.25, 0.3) is 0 Å². The largest absolute Gasteiger partial charge is 0.393 e. The Bertz CT molecular complexity index is 662. The SMILES string of the molecule is NC(=O)[C@@H](C[C@@H](O)CCc1ccccc1)C(=O)Nc1ccncc1. The van der Waals surface area contributed by atoms with Crippen molar-refractivity contribution >= 4 is 17.5 Å². The summed E-state index contributed by atoms with van der Waals surface area (Å²) in [5, 5.41) is 12.8. The highest BCUT2D eigenvalue weighted by Crippen LogP contribution is 2.15. The first-order chi connectivity index (χ1) is 11.6. The maximum absolute atomic E-state index is 12.2. The second kappa shape index (κ2) is 8.79. The van der Waals surface area contributed by atoms with Crippen molar-refractivity contribution in [2.45, 2.75) is 25.4 Å². The molecular formula is C18H21N3O3. The fourth-order valence-electron chi connectivity index (χ4n) is 2.38. The zero-order valence-electron chi connectivity index (χ0n) is 13.3. The van der Waals surface area contributed by atoms with Gasteiger partial charge < -0.3 is 16.2 Å². The number of nitrogens with zero attached hydrogens (tertiary/aromatic N) is 1. The fraction of sp³-hybridized carbons (Fsp3) is 0.278. The number of aliphatic hydroxyl groups is 1. The Hall–Kier alpha value is -2.73. The molecule has 6 nitrogen and oxygen atoms in total. The first kappa shape index (κ1) is 17.6. The minimum atomic E-state index is -1.08. The van der Waals surface area contributed by atoms with Gasteiger partial charge in [0.05, 0.1) is 6.10 Å². The number of carbonyl (C=O) groups is 2. The highest BCUT2D eigenvalue weighted by atomic mass is 16.3. The molecule has 2 atom stereocenters. The minimum Gasteiger partial charge on any atom is -0.393 e. The van der Waals surface area contributed by atoms with Crippen molar-refractivity contribution in [2.75, 3.05) is 5.32 Å². The lowest BCUT2D eigenvalue weighted by atomic mass is 9.96. The van der Waals surface area contributed by atoms with E-state index in [0.29, 0.717) is 18.5 Å².